The van der Waals surface area contributed by atoms with Gasteiger partial charge in [-0.2, -0.15) is 43.0 Å². The first-order valence-electron chi connectivity index (χ1n) is 5.33. The molecule has 0 N–H and O–H groups in total. The van der Waals surface area contributed by atoms with Crippen molar-refractivity contribution in [3.05, 3.63) is 35.9 Å². The fourth-order valence-corrected chi connectivity index (χ4v) is 1.58. The van der Waals surface area contributed by atoms with Gasteiger partial charge in [0, 0.05) is 6.20 Å². The number of hydrogen-bond acceptors (Lipinski definition) is 6. The van der Waals surface area contributed by atoms with Crippen LogP contribution in [0.25, 0.3) is 11.9 Å². The maximum absolute atomic E-state index is 12.5. The van der Waals surface area contributed by atoms with Crippen molar-refractivity contribution >= 4 is 11.6 Å². The van der Waals surface area contributed by atoms with Crippen LogP contribution in [0.1, 0.15) is 5.69 Å². The van der Waals surface area contributed by atoms with Crippen molar-refractivity contribution < 1.29 is 13.2 Å². The predicted octanol–water partition coefficient (Wildman–Crippen LogP) is 1.31. The molecule has 0 bridgehead atoms. The highest BCUT2D eigenvalue weighted by atomic mass is 35.5. The van der Waals surface area contributed by atoms with Crippen molar-refractivity contribution in [2.45, 2.75) is 6.18 Å². The first kappa shape index (κ1) is 13.4. The maximum atomic E-state index is 12.5. The summed E-state index contributed by atoms with van der Waals surface area (Å²) < 4.78 is 39.6. The van der Waals surface area contributed by atoms with Crippen molar-refractivity contribution in [2.75, 3.05) is 0 Å². The molecule has 8 nitrogen and oxygen atoms in total. The molecule has 0 fully saturated rings. The average Bonchev–Trinajstić information content (AvgIpc) is 3.09. The molecule has 108 valence electrons. The van der Waals surface area contributed by atoms with Crippen LogP contribution < -0.4 is 0 Å². The summed E-state index contributed by atoms with van der Waals surface area (Å²) in [6.07, 6.45) is -0.941. The van der Waals surface area contributed by atoms with Gasteiger partial charge >= 0.3 is 6.18 Å². The van der Waals surface area contributed by atoms with Gasteiger partial charge in [0.05, 0.1) is 0 Å². The van der Waals surface area contributed by atoms with Crippen LogP contribution in [0.5, 0.6) is 0 Å². The molecule has 3 aromatic heterocycles. The second-order valence-corrected chi connectivity index (χ2v) is 4.03. The van der Waals surface area contributed by atoms with E-state index in [9.17, 15) is 13.2 Å². The van der Waals surface area contributed by atoms with Crippen molar-refractivity contribution in [3.63, 3.8) is 0 Å². The number of aromatic nitrogens is 8. The SMILES string of the molecule is FC(F)(F)c1ccn(-c2nc(Cl)nc(-n3cncn3)n2)n1. The van der Waals surface area contributed by atoms with E-state index in [4.69, 9.17) is 11.6 Å². The molecular formula is C9H4ClF3N8. The van der Waals surface area contributed by atoms with Crippen LogP contribution in [0.4, 0.5) is 13.2 Å². The number of nitrogens with zero attached hydrogens (tertiary/aromatic N) is 8. The molecule has 0 saturated carbocycles. The summed E-state index contributed by atoms with van der Waals surface area (Å²) in [5, 5.41) is 6.93. The van der Waals surface area contributed by atoms with Crippen molar-refractivity contribution in [2.24, 2.45) is 0 Å². The van der Waals surface area contributed by atoms with E-state index in [0.29, 0.717) is 0 Å². The standard InChI is InChI=1S/C9H4ClF3N8/c10-6-16-7(18-8(17-6)21-4-14-3-15-21)20-2-1-5(19-20)9(11,12)13/h1-4H. The summed E-state index contributed by atoms with van der Waals surface area (Å²) in [5.41, 5.74) is -1.07. The van der Waals surface area contributed by atoms with E-state index in [1.165, 1.54) is 17.3 Å². The van der Waals surface area contributed by atoms with Crippen LogP contribution in [-0.2, 0) is 6.18 Å². The first-order valence-corrected chi connectivity index (χ1v) is 5.71. The average molecular weight is 317 g/mol. The molecule has 0 aromatic carbocycles. The largest absolute Gasteiger partial charge is 0.435 e. The predicted molar refractivity (Wildman–Crippen MR) is 61.9 cm³/mol. The molecule has 0 radical (unpaired) electrons. The smallest absolute Gasteiger partial charge is 0.223 e. The molecule has 3 rings (SSSR count). The van der Waals surface area contributed by atoms with Gasteiger partial charge in [0.15, 0.2) is 5.69 Å². The lowest BCUT2D eigenvalue weighted by atomic mass is 10.4. The summed E-state index contributed by atoms with van der Waals surface area (Å²) in [6.45, 7) is 0. The Bertz CT molecular complexity index is 766. The summed E-state index contributed by atoms with van der Waals surface area (Å²) in [4.78, 5) is 15.2. The second kappa shape index (κ2) is 4.77. The van der Waals surface area contributed by atoms with E-state index in [0.717, 1.165) is 16.9 Å². The van der Waals surface area contributed by atoms with E-state index < -0.39 is 11.9 Å². The molecule has 21 heavy (non-hydrogen) atoms. The minimum atomic E-state index is -4.56. The lowest BCUT2D eigenvalue weighted by Gasteiger charge is -2.04. The molecule has 0 spiro atoms. The molecule has 0 saturated heterocycles. The molecule has 0 amide bonds. The van der Waals surface area contributed by atoms with E-state index in [1.54, 1.807) is 0 Å². The van der Waals surface area contributed by atoms with Crippen LogP contribution in [0.2, 0.25) is 5.28 Å². The molecule has 0 aliphatic heterocycles. The highest BCUT2D eigenvalue weighted by Crippen LogP contribution is 2.27. The van der Waals surface area contributed by atoms with Gasteiger partial charge in [0.25, 0.3) is 11.9 Å². The molecule has 0 aliphatic rings. The lowest BCUT2D eigenvalue weighted by Crippen LogP contribution is -2.11. The molecule has 0 unspecified atom stereocenters. The molecule has 3 aromatic rings. The molecular weight excluding hydrogens is 313 g/mol. The third-order valence-electron chi connectivity index (χ3n) is 2.29. The van der Waals surface area contributed by atoms with Crippen molar-refractivity contribution in [1.29, 1.82) is 0 Å². The topological polar surface area (TPSA) is 87.2 Å². The number of halogens is 4. The van der Waals surface area contributed by atoms with Crippen molar-refractivity contribution in [1.82, 2.24) is 39.5 Å². The van der Waals surface area contributed by atoms with Gasteiger partial charge in [0.1, 0.15) is 12.7 Å². The molecule has 12 heteroatoms. The van der Waals surface area contributed by atoms with E-state index in [1.807, 2.05) is 0 Å². The Morgan fingerprint density at radius 3 is 2.33 bits per heavy atom. The molecule has 0 atom stereocenters. The minimum Gasteiger partial charge on any atom is -0.223 e. The van der Waals surface area contributed by atoms with E-state index >= 15 is 0 Å². The first-order chi connectivity index (χ1) is 9.93. The van der Waals surface area contributed by atoms with Crippen LogP contribution in [0.15, 0.2) is 24.9 Å². The Balaban J connectivity index is 2.05. The Labute approximate surface area is 119 Å². The highest BCUT2D eigenvalue weighted by molar-refractivity contribution is 6.28. The number of alkyl halides is 3. The van der Waals surface area contributed by atoms with Crippen LogP contribution in [-0.4, -0.2) is 39.5 Å². The van der Waals surface area contributed by atoms with Gasteiger partial charge in [-0.1, -0.05) is 0 Å². The zero-order chi connectivity index (χ0) is 15.0. The van der Waals surface area contributed by atoms with Crippen LogP contribution in [0.3, 0.4) is 0 Å². The summed E-state index contributed by atoms with van der Waals surface area (Å²) >= 11 is 5.73. The normalized spacial score (nSPS) is 11.8. The molecule has 0 aliphatic carbocycles. The molecule has 3 heterocycles. The summed E-state index contributed by atoms with van der Waals surface area (Å²) in [6, 6.07) is 0.798. The van der Waals surface area contributed by atoms with E-state index in [-0.39, 0.29) is 17.2 Å². The summed E-state index contributed by atoms with van der Waals surface area (Å²) in [5.74, 6) is -0.164. The fourth-order valence-electron chi connectivity index (χ4n) is 1.43. The number of rotatable bonds is 2. The monoisotopic (exact) mass is 316 g/mol. The lowest BCUT2D eigenvalue weighted by molar-refractivity contribution is -0.141. The van der Waals surface area contributed by atoms with Crippen molar-refractivity contribution in [3.8, 4) is 11.9 Å². The van der Waals surface area contributed by atoms with Gasteiger partial charge in [-0.3, -0.25) is 0 Å². The second-order valence-electron chi connectivity index (χ2n) is 3.69. The Hall–Kier alpha value is -2.56. The van der Waals surface area contributed by atoms with Gasteiger partial charge in [-0.25, -0.2) is 9.67 Å². The van der Waals surface area contributed by atoms with E-state index in [2.05, 4.69) is 30.1 Å². The van der Waals surface area contributed by atoms with Gasteiger partial charge in [0.2, 0.25) is 5.28 Å². The minimum absolute atomic E-state index is 0.00607. The third-order valence-corrected chi connectivity index (χ3v) is 2.46. The highest BCUT2D eigenvalue weighted by Gasteiger charge is 2.33. The number of hydrogen-bond donors (Lipinski definition) is 0. The third kappa shape index (κ3) is 2.67. The Kier molecular flexibility index (Phi) is 3.05. The zero-order valence-electron chi connectivity index (χ0n) is 9.90. The van der Waals surface area contributed by atoms with Gasteiger partial charge < -0.3 is 0 Å². The quantitative estimate of drug-likeness (QED) is 0.708. The van der Waals surface area contributed by atoms with Crippen LogP contribution in [0, 0.1) is 0 Å². The van der Waals surface area contributed by atoms with Gasteiger partial charge in [-0.05, 0) is 17.7 Å². The van der Waals surface area contributed by atoms with Crippen LogP contribution >= 0.6 is 11.6 Å². The van der Waals surface area contributed by atoms with Gasteiger partial charge in [-0.15, -0.1) is 0 Å². The zero-order valence-corrected chi connectivity index (χ0v) is 10.7. The fraction of sp³-hybridized carbons (Fsp3) is 0.111. The Morgan fingerprint density at radius 2 is 1.76 bits per heavy atom. The summed E-state index contributed by atoms with van der Waals surface area (Å²) in [7, 11) is 0. The Morgan fingerprint density at radius 1 is 1.05 bits per heavy atom. The maximum Gasteiger partial charge on any atom is 0.435 e.